The Hall–Kier alpha value is -1.31. The van der Waals surface area contributed by atoms with Crippen LogP contribution < -0.4 is 0 Å². The number of oxazole rings is 1. The van der Waals surface area contributed by atoms with Gasteiger partial charge in [-0.05, 0) is 18.6 Å². The summed E-state index contributed by atoms with van der Waals surface area (Å²) in [4.78, 5) is 4.01. The Morgan fingerprint density at radius 3 is 3.10 bits per heavy atom. The zero-order valence-corrected chi connectivity index (χ0v) is 5.66. The number of benzene rings is 1. The van der Waals surface area contributed by atoms with Crippen LogP contribution in [0.15, 0.2) is 29.0 Å². The van der Waals surface area contributed by atoms with Crippen LogP contribution in [0.3, 0.4) is 0 Å². The fourth-order valence-corrected chi connectivity index (χ4v) is 1.03. The van der Waals surface area contributed by atoms with Gasteiger partial charge in [0, 0.05) is 0 Å². The molecule has 0 aliphatic rings. The summed E-state index contributed by atoms with van der Waals surface area (Å²) in [5, 5.41) is 0. The molecule has 0 aliphatic heterocycles. The summed E-state index contributed by atoms with van der Waals surface area (Å²) in [6.45, 7) is 2.01. The van der Waals surface area contributed by atoms with Crippen LogP contribution in [0.2, 0.25) is 0 Å². The molecule has 0 aliphatic carbocycles. The van der Waals surface area contributed by atoms with Crippen LogP contribution in [0.25, 0.3) is 11.1 Å². The molecule has 2 rings (SSSR count). The molecule has 0 spiro atoms. The lowest BCUT2D eigenvalue weighted by Crippen LogP contribution is -1.71. The molecule has 1 aromatic carbocycles. The Morgan fingerprint density at radius 2 is 2.30 bits per heavy atom. The summed E-state index contributed by atoms with van der Waals surface area (Å²) in [6.07, 6.45) is 1.47. The smallest absolute Gasteiger partial charge is 0.181 e. The van der Waals surface area contributed by atoms with E-state index >= 15 is 0 Å². The van der Waals surface area contributed by atoms with Crippen LogP contribution in [-0.4, -0.2) is 4.98 Å². The molecule has 2 aromatic rings. The van der Waals surface area contributed by atoms with Gasteiger partial charge >= 0.3 is 0 Å². The molecule has 0 radical (unpaired) electrons. The molecular weight excluding hydrogens is 126 g/mol. The molecule has 10 heavy (non-hydrogen) atoms. The first kappa shape index (κ1) is 5.47. The van der Waals surface area contributed by atoms with Crippen molar-refractivity contribution in [1.29, 1.82) is 0 Å². The quantitative estimate of drug-likeness (QED) is 0.550. The predicted molar refractivity (Wildman–Crippen MR) is 38.7 cm³/mol. The minimum Gasteiger partial charge on any atom is -0.443 e. The Labute approximate surface area is 58.5 Å². The predicted octanol–water partition coefficient (Wildman–Crippen LogP) is 2.14. The van der Waals surface area contributed by atoms with Gasteiger partial charge in [0.05, 0.1) is 0 Å². The zero-order valence-electron chi connectivity index (χ0n) is 5.66. The summed E-state index contributed by atoms with van der Waals surface area (Å²) in [5.74, 6) is 0. The Balaban J connectivity index is 2.95. The molecule has 0 fully saturated rings. The number of hydrogen-bond acceptors (Lipinski definition) is 2. The third-order valence-corrected chi connectivity index (χ3v) is 1.55. The standard InChI is InChI=1S/C8H7NO/c1-6-3-2-4-7-8(6)10-5-9-7/h2-5H,1H3. The number of para-hydroxylation sites is 1. The normalized spacial score (nSPS) is 10.5. The second-order valence-corrected chi connectivity index (χ2v) is 2.28. The first-order valence-corrected chi connectivity index (χ1v) is 3.17. The van der Waals surface area contributed by atoms with Gasteiger partial charge in [0.1, 0.15) is 5.52 Å². The minimum atomic E-state index is 0.891. The monoisotopic (exact) mass is 133 g/mol. The van der Waals surface area contributed by atoms with Crippen molar-refractivity contribution >= 4 is 11.1 Å². The van der Waals surface area contributed by atoms with E-state index in [1.807, 2.05) is 25.1 Å². The number of aryl methyl sites for hydroxylation is 1. The summed E-state index contributed by atoms with van der Waals surface area (Å²) < 4.78 is 5.14. The van der Waals surface area contributed by atoms with Crippen molar-refractivity contribution in [3.8, 4) is 0 Å². The van der Waals surface area contributed by atoms with Crippen molar-refractivity contribution < 1.29 is 4.42 Å². The van der Waals surface area contributed by atoms with Gasteiger partial charge < -0.3 is 4.42 Å². The Morgan fingerprint density at radius 1 is 1.40 bits per heavy atom. The lowest BCUT2D eigenvalue weighted by atomic mass is 10.2. The van der Waals surface area contributed by atoms with Crippen LogP contribution in [-0.2, 0) is 0 Å². The minimum absolute atomic E-state index is 0.891. The molecule has 1 aromatic heterocycles. The molecule has 0 amide bonds. The van der Waals surface area contributed by atoms with Gasteiger partial charge in [0.2, 0.25) is 0 Å². The third-order valence-electron chi connectivity index (χ3n) is 1.55. The number of fused-ring (bicyclic) bond motifs is 1. The molecule has 2 nitrogen and oxygen atoms in total. The maximum atomic E-state index is 5.14. The van der Waals surface area contributed by atoms with Crippen LogP contribution in [0, 0.1) is 6.92 Å². The molecule has 0 saturated carbocycles. The summed E-state index contributed by atoms with van der Waals surface area (Å²) >= 11 is 0. The van der Waals surface area contributed by atoms with Crippen LogP contribution in [0.4, 0.5) is 0 Å². The van der Waals surface area contributed by atoms with E-state index in [-0.39, 0.29) is 0 Å². The van der Waals surface area contributed by atoms with Crippen molar-refractivity contribution in [3.63, 3.8) is 0 Å². The van der Waals surface area contributed by atoms with E-state index in [0.29, 0.717) is 0 Å². The third kappa shape index (κ3) is 0.620. The number of rotatable bonds is 0. The highest BCUT2D eigenvalue weighted by Crippen LogP contribution is 2.15. The average molecular weight is 133 g/mol. The van der Waals surface area contributed by atoms with Crippen LogP contribution >= 0.6 is 0 Å². The fourth-order valence-electron chi connectivity index (χ4n) is 1.03. The maximum Gasteiger partial charge on any atom is 0.181 e. The number of nitrogens with zero attached hydrogens (tertiary/aromatic N) is 1. The Bertz CT molecular complexity index is 351. The summed E-state index contributed by atoms with van der Waals surface area (Å²) in [7, 11) is 0. The second kappa shape index (κ2) is 1.84. The van der Waals surface area contributed by atoms with E-state index in [1.54, 1.807) is 0 Å². The zero-order chi connectivity index (χ0) is 6.97. The molecule has 0 atom stereocenters. The van der Waals surface area contributed by atoms with Crippen molar-refractivity contribution in [2.45, 2.75) is 6.92 Å². The highest BCUT2D eigenvalue weighted by molar-refractivity contribution is 5.75. The van der Waals surface area contributed by atoms with E-state index < -0.39 is 0 Å². The highest BCUT2D eigenvalue weighted by Gasteiger charge is 1.98. The topological polar surface area (TPSA) is 26.0 Å². The SMILES string of the molecule is Cc1cccc2ncoc12. The van der Waals surface area contributed by atoms with E-state index in [9.17, 15) is 0 Å². The number of aromatic nitrogens is 1. The van der Waals surface area contributed by atoms with Crippen LogP contribution in [0.5, 0.6) is 0 Å². The fraction of sp³-hybridized carbons (Fsp3) is 0.125. The summed E-state index contributed by atoms with van der Waals surface area (Å²) in [6, 6.07) is 5.92. The maximum absolute atomic E-state index is 5.14. The van der Waals surface area contributed by atoms with Gasteiger partial charge in [-0.3, -0.25) is 0 Å². The first-order valence-electron chi connectivity index (χ1n) is 3.17. The largest absolute Gasteiger partial charge is 0.443 e. The molecule has 0 bridgehead atoms. The molecule has 50 valence electrons. The number of hydrogen-bond donors (Lipinski definition) is 0. The van der Waals surface area contributed by atoms with Crippen LogP contribution in [0.1, 0.15) is 5.56 Å². The lowest BCUT2D eigenvalue weighted by molar-refractivity contribution is 0.600. The molecule has 0 N–H and O–H groups in total. The van der Waals surface area contributed by atoms with Crippen molar-refractivity contribution in [2.75, 3.05) is 0 Å². The molecule has 1 heterocycles. The molecule has 0 unspecified atom stereocenters. The van der Waals surface area contributed by atoms with Crippen molar-refractivity contribution in [1.82, 2.24) is 4.98 Å². The van der Waals surface area contributed by atoms with Gasteiger partial charge in [-0.25, -0.2) is 4.98 Å². The molecule has 2 heteroatoms. The lowest BCUT2D eigenvalue weighted by Gasteiger charge is -1.88. The van der Waals surface area contributed by atoms with E-state index in [4.69, 9.17) is 4.42 Å². The van der Waals surface area contributed by atoms with E-state index in [0.717, 1.165) is 16.7 Å². The first-order chi connectivity index (χ1) is 4.88. The van der Waals surface area contributed by atoms with Crippen molar-refractivity contribution in [3.05, 3.63) is 30.2 Å². The average Bonchev–Trinajstić information content (AvgIpc) is 2.36. The van der Waals surface area contributed by atoms with Gasteiger partial charge in [-0.15, -0.1) is 0 Å². The summed E-state index contributed by atoms with van der Waals surface area (Å²) in [5.41, 5.74) is 2.96. The van der Waals surface area contributed by atoms with Crippen molar-refractivity contribution in [2.24, 2.45) is 0 Å². The van der Waals surface area contributed by atoms with E-state index in [2.05, 4.69) is 4.98 Å². The van der Waals surface area contributed by atoms with Gasteiger partial charge in [-0.1, -0.05) is 12.1 Å². The second-order valence-electron chi connectivity index (χ2n) is 2.28. The Kier molecular flexibility index (Phi) is 1.01. The molecular formula is C8H7NO. The van der Waals surface area contributed by atoms with Gasteiger partial charge in [-0.2, -0.15) is 0 Å². The van der Waals surface area contributed by atoms with Gasteiger partial charge in [0.15, 0.2) is 12.0 Å². The highest BCUT2D eigenvalue weighted by atomic mass is 16.3. The molecule has 0 saturated heterocycles. The van der Waals surface area contributed by atoms with E-state index in [1.165, 1.54) is 6.39 Å². The van der Waals surface area contributed by atoms with Gasteiger partial charge in [0.25, 0.3) is 0 Å².